The molecule has 2 heterocycles. The maximum Gasteiger partial charge on any atom is 0.254 e. The topological polar surface area (TPSA) is 113 Å². The number of ether oxygens (including phenoxy) is 2. The predicted molar refractivity (Wildman–Crippen MR) is 157 cm³/mol. The molecule has 2 aliphatic carbocycles. The van der Waals surface area contributed by atoms with Crippen molar-refractivity contribution < 1.29 is 33.8 Å². The van der Waals surface area contributed by atoms with Gasteiger partial charge < -0.3 is 14.6 Å². The molecule has 6 atom stereocenters. The number of imide groups is 2. The van der Waals surface area contributed by atoms with E-state index >= 15 is 0 Å². The van der Waals surface area contributed by atoms with Gasteiger partial charge in [0, 0.05) is 23.6 Å². The van der Waals surface area contributed by atoms with E-state index in [1.807, 2.05) is 36.4 Å². The Bertz CT molecular complexity index is 1550. The fourth-order valence-electron chi connectivity index (χ4n) is 7.22. The number of hydrogen-bond acceptors (Lipinski definition) is 7. The van der Waals surface area contributed by atoms with Crippen LogP contribution < -0.4 is 9.47 Å². The van der Waals surface area contributed by atoms with E-state index in [2.05, 4.69) is 15.9 Å². The first-order valence-corrected chi connectivity index (χ1v) is 15.2. The van der Waals surface area contributed by atoms with Crippen LogP contribution in [-0.2, 0) is 25.7 Å². The van der Waals surface area contributed by atoms with Crippen LogP contribution >= 0.6 is 39.1 Å². The molecule has 6 rings (SSSR count). The van der Waals surface area contributed by atoms with Gasteiger partial charge in [-0.15, -0.1) is 23.2 Å². The first-order chi connectivity index (χ1) is 20.0. The predicted octanol–water partition coefficient (Wildman–Crippen LogP) is 4.32. The third kappa shape index (κ3) is 3.80. The van der Waals surface area contributed by atoms with Gasteiger partial charge in [-0.1, -0.05) is 57.9 Å². The van der Waals surface area contributed by atoms with Crippen LogP contribution in [0.3, 0.4) is 0 Å². The highest BCUT2D eigenvalue weighted by atomic mass is 79.9. The van der Waals surface area contributed by atoms with E-state index in [9.17, 15) is 24.3 Å². The molecular formula is C30H27BrCl2N2O7. The summed E-state index contributed by atoms with van der Waals surface area (Å²) in [5.74, 6) is -5.30. The number of likely N-dealkylation sites (tertiary alicyclic amines) is 2. The summed E-state index contributed by atoms with van der Waals surface area (Å²) in [4.78, 5) is 53.5. The van der Waals surface area contributed by atoms with Crippen molar-refractivity contribution in [1.29, 1.82) is 0 Å². The molecule has 220 valence electrons. The lowest BCUT2D eigenvalue weighted by Crippen LogP contribution is -2.60. The average Bonchev–Trinajstić information content (AvgIpc) is 3.31. The number of fused-ring (bicyclic) bond motifs is 4. The van der Waals surface area contributed by atoms with Gasteiger partial charge in [-0.25, -0.2) is 0 Å². The summed E-state index contributed by atoms with van der Waals surface area (Å²) in [6.07, 6.45) is 1.88. The highest BCUT2D eigenvalue weighted by Crippen LogP contribution is 2.67. The zero-order chi connectivity index (χ0) is 30.1. The molecule has 1 saturated carbocycles. The lowest BCUT2D eigenvalue weighted by atomic mass is 9.56. The Morgan fingerprint density at radius 3 is 2.33 bits per heavy atom. The van der Waals surface area contributed by atoms with Crippen molar-refractivity contribution in [2.24, 2.45) is 17.8 Å². The summed E-state index contributed by atoms with van der Waals surface area (Å²) >= 11 is 17.7. The molecule has 4 amide bonds. The van der Waals surface area contributed by atoms with Crippen LogP contribution in [0, 0.1) is 17.8 Å². The highest BCUT2D eigenvalue weighted by molar-refractivity contribution is 9.09. The molecule has 42 heavy (non-hydrogen) atoms. The van der Waals surface area contributed by atoms with E-state index in [4.69, 9.17) is 32.7 Å². The Hall–Kier alpha value is -3.08. The second-order valence-electron chi connectivity index (χ2n) is 11.0. The SMILES string of the molecule is COc1cc(O)c(C2C3=CCC4C(=O)N(Cc5ccccc5)C(=O)C4C3CC3(Cl)C(=O)N(CBr)C(=O)C23Cl)c(OC)c1. The summed E-state index contributed by atoms with van der Waals surface area (Å²) in [6.45, 7) is 0.115. The molecule has 4 aliphatic rings. The van der Waals surface area contributed by atoms with Gasteiger partial charge in [0.25, 0.3) is 11.8 Å². The van der Waals surface area contributed by atoms with E-state index in [1.165, 1.54) is 31.3 Å². The molecule has 2 saturated heterocycles. The highest BCUT2D eigenvalue weighted by Gasteiger charge is 2.76. The van der Waals surface area contributed by atoms with Gasteiger partial charge in [-0.05, 0) is 24.3 Å². The van der Waals surface area contributed by atoms with Gasteiger partial charge in [0.1, 0.15) is 17.2 Å². The van der Waals surface area contributed by atoms with Crippen LogP contribution in [0.4, 0.5) is 0 Å². The lowest BCUT2D eigenvalue weighted by Gasteiger charge is -2.51. The summed E-state index contributed by atoms with van der Waals surface area (Å²) in [5.41, 5.74) is 1.35. The number of phenolic OH excluding ortho intramolecular Hbond substituents is 1. The van der Waals surface area contributed by atoms with Gasteiger partial charge in [0.2, 0.25) is 11.8 Å². The molecule has 0 bridgehead atoms. The van der Waals surface area contributed by atoms with Crippen molar-refractivity contribution in [3.05, 3.63) is 65.2 Å². The van der Waals surface area contributed by atoms with Crippen LogP contribution in [-0.4, -0.2) is 68.0 Å². The first-order valence-electron chi connectivity index (χ1n) is 13.4. The standard InChI is InChI=1S/C30H27BrCl2N2O7/c1-41-16-10-20(36)23(21(11-16)42-2)24-17-8-9-18-22(26(38)34(25(18)37)13-15-6-4-3-5-7-15)19(17)12-29(32)27(39)35(14-31)28(40)30(24,29)33/h3-8,10-11,18-19,22,24,36H,9,12-14H2,1-2H3. The normalized spacial score (nSPS) is 32.0. The molecule has 0 radical (unpaired) electrons. The number of alkyl halides is 3. The number of hydrogen-bond donors (Lipinski definition) is 1. The molecule has 9 nitrogen and oxygen atoms in total. The number of amides is 4. The number of aromatic hydroxyl groups is 1. The Balaban J connectivity index is 1.53. The van der Waals surface area contributed by atoms with E-state index < -0.39 is 45.2 Å². The maximum absolute atomic E-state index is 14.0. The maximum atomic E-state index is 14.0. The number of rotatable bonds is 6. The molecular weight excluding hydrogens is 651 g/mol. The van der Waals surface area contributed by atoms with Gasteiger partial charge >= 0.3 is 0 Å². The lowest BCUT2D eigenvalue weighted by molar-refractivity contribution is -0.141. The minimum Gasteiger partial charge on any atom is -0.507 e. The quantitative estimate of drug-likeness (QED) is 0.210. The number of methoxy groups -OCH3 is 2. The van der Waals surface area contributed by atoms with Crippen molar-refractivity contribution in [3.63, 3.8) is 0 Å². The molecule has 12 heteroatoms. The molecule has 6 unspecified atom stereocenters. The van der Waals surface area contributed by atoms with Crippen LogP contribution in [0.15, 0.2) is 54.1 Å². The molecule has 2 aromatic rings. The Labute approximate surface area is 260 Å². The Kier molecular flexibility index (Phi) is 7.10. The monoisotopic (exact) mass is 676 g/mol. The van der Waals surface area contributed by atoms with Crippen molar-refractivity contribution in [1.82, 2.24) is 9.80 Å². The third-order valence-electron chi connectivity index (χ3n) is 9.13. The van der Waals surface area contributed by atoms with Gasteiger partial charge in [-0.3, -0.25) is 29.0 Å². The van der Waals surface area contributed by atoms with E-state index in [0.29, 0.717) is 11.3 Å². The number of benzene rings is 2. The molecule has 0 aromatic heterocycles. The fourth-order valence-corrected chi connectivity index (χ4v) is 8.63. The van der Waals surface area contributed by atoms with Crippen LogP contribution in [0.25, 0.3) is 0 Å². The fraction of sp³-hybridized carbons (Fsp3) is 0.400. The number of carbonyl (C=O) groups excluding carboxylic acids is 4. The number of nitrogens with zero attached hydrogens (tertiary/aromatic N) is 2. The van der Waals surface area contributed by atoms with Gasteiger partial charge in [-0.2, -0.15) is 0 Å². The number of phenols is 1. The smallest absolute Gasteiger partial charge is 0.254 e. The third-order valence-corrected chi connectivity index (χ3v) is 11.0. The van der Waals surface area contributed by atoms with Crippen molar-refractivity contribution in [2.45, 2.75) is 35.1 Å². The minimum absolute atomic E-state index is 0.115. The molecule has 0 spiro atoms. The minimum atomic E-state index is -2.07. The van der Waals surface area contributed by atoms with E-state index in [1.54, 1.807) is 0 Å². The number of halogens is 3. The van der Waals surface area contributed by atoms with Crippen molar-refractivity contribution in [3.8, 4) is 17.2 Å². The Morgan fingerprint density at radius 2 is 1.69 bits per heavy atom. The summed E-state index contributed by atoms with van der Waals surface area (Å²) in [6, 6.07) is 12.1. The van der Waals surface area contributed by atoms with Crippen molar-refractivity contribution >= 4 is 62.8 Å². The first kappa shape index (κ1) is 29.0. The summed E-state index contributed by atoms with van der Waals surface area (Å²) < 4.78 is 10.9. The average molecular weight is 678 g/mol. The molecule has 2 aromatic carbocycles. The van der Waals surface area contributed by atoms with Gasteiger partial charge in [0.15, 0.2) is 9.75 Å². The van der Waals surface area contributed by atoms with Crippen LogP contribution in [0.5, 0.6) is 17.2 Å². The second-order valence-corrected chi connectivity index (χ2v) is 12.7. The summed E-state index contributed by atoms with van der Waals surface area (Å²) in [5, 5.41) is 11.3. The van der Waals surface area contributed by atoms with Crippen molar-refractivity contribution in [2.75, 3.05) is 19.7 Å². The van der Waals surface area contributed by atoms with Gasteiger partial charge in [0.05, 0.1) is 38.1 Å². The largest absolute Gasteiger partial charge is 0.507 e. The Morgan fingerprint density at radius 1 is 0.976 bits per heavy atom. The van der Waals surface area contributed by atoms with E-state index in [-0.39, 0.29) is 53.7 Å². The number of allylic oxidation sites excluding steroid dienone is 2. The zero-order valence-corrected chi connectivity index (χ0v) is 25.8. The molecule has 1 N–H and O–H groups in total. The molecule has 2 aliphatic heterocycles. The number of carbonyl (C=O) groups is 4. The van der Waals surface area contributed by atoms with Crippen LogP contribution in [0.2, 0.25) is 0 Å². The van der Waals surface area contributed by atoms with E-state index in [0.717, 1.165) is 10.5 Å². The zero-order valence-electron chi connectivity index (χ0n) is 22.7. The van der Waals surface area contributed by atoms with Crippen LogP contribution in [0.1, 0.15) is 29.9 Å². The molecule has 3 fully saturated rings. The second kappa shape index (κ2) is 10.3. The summed E-state index contributed by atoms with van der Waals surface area (Å²) in [7, 11) is 2.82.